The maximum Gasteiger partial charge on any atom is 0.220 e. The van der Waals surface area contributed by atoms with Crippen molar-refractivity contribution in [2.24, 2.45) is 0 Å². The first-order valence-corrected chi connectivity index (χ1v) is 9.09. The first kappa shape index (κ1) is 18.0. The second-order valence-electron chi connectivity index (χ2n) is 5.82. The number of rotatable bonds is 7. The number of carbonyl (C=O) groups excluding carboxylic acids is 1. The Morgan fingerprint density at radius 1 is 1.12 bits per heavy atom. The molecule has 0 spiro atoms. The van der Waals surface area contributed by atoms with Crippen molar-refractivity contribution in [2.45, 2.75) is 18.8 Å². The molecule has 3 N–H and O–H groups in total. The maximum absolute atomic E-state index is 14.3. The Bertz CT molecular complexity index is 869. The standard InChI is InChI=1S/C19H19FN4OS/c20-16-9-5-4-8-14(16)15(13-6-2-1-3-7-13)12-17(25)22-11-10-18-23-24-19(21)26-18/h1-9,15H,10-12H2,(H2,21,24)(H,22,25)/t15-/m0/s1. The van der Waals surface area contributed by atoms with Gasteiger partial charge < -0.3 is 11.1 Å². The Labute approximate surface area is 155 Å². The van der Waals surface area contributed by atoms with E-state index < -0.39 is 0 Å². The molecule has 0 aliphatic heterocycles. The van der Waals surface area contributed by atoms with Crippen LogP contribution in [-0.2, 0) is 11.2 Å². The highest BCUT2D eigenvalue weighted by molar-refractivity contribution is 7.15. The van der Waals surface area contributed by atoms with Gasteiger partial charge in [0.1, 0.15) is 10.8 Å². The highest BCUT2D eigenvalue weighted by atomic mass is 32.1. The van der Waals surface area contributed by atoms with Crippen molar-refractivity contribution in [1.82, 2.24) is 15.5 Å². The molecule has 26 heavy (non-hydrogen) atoms. The van der Waals surface area contributed by atoms with Gasteiger partial charge in [-0.3, -0.25) is 4.79 Å². The molecule has 3 aromatic rings. The first-order valence-electron chi connectivity index (χ1n) is 8.27. The largest absolute Gasteiger partial charge is 0.374 e. The number of anilines is 1. The minimum Gasteiger partial charge on any atom is -0.374 e. The fourth-order valence-electron chi connectivity index (χ4n) is 2.78. The van der Waals surface area contributed by atoms with Crippen molar-refractivity contribution in [2.75, 3.05) is 12.3 Å². The molecule has 5 nitrogen and oxygen atoms in total. The lowest BCUT2D eigenvalue weighted by Crippen LogP contribution is -2.27. The van der Waals surface area contributed by atoms with Gasteiger partial charge in [0.25, 0.3) is 0 Å². The van der Waals surface area contributed by atoms with Crippen LogP contribution < -0.4 is 11.1 Å². The van der Waals surface area contributed by atoms with Gasteiger partial charge in [-0.15, -0.1) is 10.2 Å². The van der Waals surface area contributed by atoms with Crippen molar-refractivity contribution in [3.63, 3.8) is 0 Å². The van der Waals surface area contributed by atoms with Crippen LogP contribution in [0.2, 0.25) is 0 Å². The number of amides is 1. The molecule has 0 aliphatic rings. The minimum absolute atomic E-state index is 0.139. The average molecular weight is 370 g/mol. The highest BCUT2D eigenvalue weighted by Crippen LogP contribution is 2.29. The Morgan fingerprint density at radius 2 is 1.85 bits per heavy atom. The van der Waals surface area contributed by atoms with Gasteiger partial charge in [-0.05, 0) is 17.2 Å². The Kier molecular flexibility index (Phi) is 5.91. The van der Waals surface area contributed by atoms with Gasteiger partial charge in [-0.25, -0.2) is 4.39 Å². The third-order valence-electron chi connectivity index (χ3n) is 4.02. The predicted octanol–water partition coefficient (Wildman–Crippen LogP) is 3.14. The van der Waals surface area contributed by atoms with E-state index in [9.17, 15) is 9.18 Å². The van der Waals surface area contributed by atoms with E-state index in [0.29, 0.717) is 23.7 Å². The van der Waals surface area contributed by atoms with Crippen molar-refractivity contribution in [1.29, 1.82) is 0 Å². The second-order valence-corrected chi connectivity index (χ2v) is 6.92. The molecule has 1 atom stereocenters. The third kappa shape index (κ3) is 4.64. The molecule has 0 saturated carbocycles. The van der Waals surface area contributed by atoms with Gasteiger partial charge in [-0.2, -0.15) is 0 Å². The van der Waals surface area contributed by atoms with Crippen molar-refractivity contribution < 1.29 is 9.18 Å². The molecule has 0 fully saturated rings. The molecule has 1 heterocycles. The molecule has 0 saturated heterocycles. The van der Waals surface area contributed by atoms with E-state index in [4.69, 9.17) is 5.73 Å². The number of nitrogen functional groups attached to an aromatic ring is 1. The molecule has 2 aromatic carbocycles. The molecule has 1 amide bonds. The summed E-state index contributed by atoms with van der Waals surface area (Å²) in [7, 11) is 0. The number of carbonyl (C=O) groups is 1. The van der Waals surface area contributed by atoms with Crippen LogP contribution in [-0.4, -0.2) is 22.6 Å². The smallest absolute Gasteiger partial charge is 0.220 e. The number of hydrogen-bond donors (Lipinski definition) is 2. The minimum atomic E-state index is -0.338. The van der Waals surface area contributed by atoms with Crippen LogP contribution in [0.3, 0.4) is 0 Å². The zero-order valence-corrected chi connectivity index (χ0v) is 14.9. The number of halogens is 1. The van der Waals surface area contributed by atoms with Crippen LogP contribution in [0.15, 0.2) is 54.6 Å². The number of nitrogens with two attached hydrogens (primary N) is 1. The van der Waals surface area contributed by atoms with E-state index in [0.717, 1.165) is 10.6 Å². The lowest BCUT2D eigenvalue weighted by Gasteiger charge is -2.18. The van der Waals surface area contributed by atoms with E-state index in [-0.39, 0.29) is 24.1 Å². The summed E-state index contributed by atoms with van der Waals surface area (Å²) in [4.78, 5) is 12.4. The van der Waals surface area contributed by atoms with Gasteiger partial charge in [0.15, 0.2) is 0 Å². The van der Waals surface area contributed by atoms with Crippen molar-refractivity contribution in [3.8, 4) is 0 Å². The average Bonchev–Trinajstić information content (AvgIpc) is 3.06. The molecule has 0 bridgehead atoms. The number of aromatic nitrogens is 2. The summed E-state index contributed by atoms with van der Waals surface area (Å²) in [6.07, 6.45) is 0.736. The van der Waals surface area contributed by atoms with Gasteiger partial charge in [0, 0.05) is 25.3 Å². The van der Waals surface area contributed by atoms with Crippen LogP contribution in [0.5, 0.6) is 0 Å². The summed E-state index contributed by atoms with van der Waals surface area (Å²) in [6, 6.07) is 16.1. The number of nitrogens with zero attached hydrogens (tertiary/aromatic N) is 2. The summed E-state index contributed by atoms with van der Waals surface area (Å²) in [6.45, 7) is 0.437. The Hall–Kier alpha value is -2.80. The van der Waals surface area contributed by atoms with Gasteiger partial charge in [-0.1, -0.05) is 59.9 Å². The lowest BCUT2D eigenvalue weighted by molar-refractivity contribution is -0.121. The van der Waals surface area contributed by atoms with Crippen molar-refractivity contribution in [3.05, 3.63) is 76.5 Å². The van der Waals surface area contributed by atoms with Gasteiger partial charge >= 0.3 is 0 Å². The topological polar surface area (TPSA) is 80.9 Å². The SMILES string of the molecule is Nc1nnc(CCNC(=O)C[C@@H](c2ccccc2)c2ccccc2F)s1. The summed E-state index contributed by atoms with van der Waals surface area (Å²) < 4.78 is 14.3. The van der Waals surface area contributed by atoms with Crippen LogP contribution in [0.4, 0.5) is 9.52 Å². The summed E-state index contributed by atoms with van der Waals surface area (Å²) >= 11 is 1.30. The van der Waals surface area contributed by atoms with Crippen LogP contribution in [0.1, 0.15) is 28.5 Å². The predicted molar refractivity (Wildman–Crippen MR) is 100 cm³/mol. The number of nitrogens with one attached hydrogen (secondary N) is 1. The quantitative estimate of drug-likeness (QED) is 0.669. The van der Waals surface area contributed by atoms with Crippen LogP contribution >= 0.6 is 11.3 Å². The fraction of sp³-hybridized carbons (Fsp3) is 0.211. The normalized spacial score (nSPS) is 11.9. The molecule has 0 radical (unpaired) electrons. The van der Waals surface area contributed by atoms with Crippen LogP contribution in [0.25, 0.3) is 0 Å². The number of hydrogen-bond acceptors (Lipinski definition) is 5. The van der Waals surface area contributed by atoms with Gasteiger partial charge in [0.2, 0.25) is 11.0 Å². The van der Waals surface area contributed by atoms with E-state index >= 15 is 0 Å². The maximum atomic E-state index is 14.3. The van der Waals surface area contributed by atoms with E-state index in [1.165, 1.54) is 17.4 Å². The van der Waals surface area contributed by atoms with E-state index in [1.807, 2.05) is 30.3 Å². The molecular weight excluding hydrogens is 351 g/mol. The van der Waals surface area contributed by atoms with E-state index in [1.54, 1.807) is 18.2 Å². The molecule has 1 aromatic heterocycles. The van der Waals surface area contributed by atoms with Crippen LogP contribution in [0, 0.1) is 5.82 Å². The molecule has 0 aliphatic carbocycles. The van der Waals surface area contributed by atoms with E-state index in [2.05, 4.69) is 15.5 Å². The zero-order chi connectivity index (χ0) is 18.4. The fourth-order valence-corrected chi connectivity index (χ4v) is 3.39. The zero-order valence-electron chi connectivity index (χ0n) is 14.1. The summed E-state index contributed by atoms with van der Waals surface area (Å²) in [5.74, 6) is -0.785. The van der Waals surface area contributed by atoms with Gasteiger partial charge in [0.05, 0.1) is 0 Å². The summed E-state index contributed by atoms with van der Waals surface area (Å²) in [5.41, 5.74) is 6.97. The molecule has 7 heteroatoms. The Morgan fingerprint density at radius 3 is 2.54 bits per heavy atom. The molecule has 0 unspecified atom stereocenters. The molecular formula is C19H19FN4OS. The van der Waals surface area contributed by atoms with Crippen molar-refractivity contribution >= 4 is 22.4 Å². The third-order valence-corrected chi connectivity index (χ3v) is 4.83. The molecule has 134 valence electrons. The summed E-state index contributed by atoms with van der Waals surface area (Å²) in [5, 5.41) is 11.7. The first-order chi connectivity index (χ1) is 12.6. The lowest BCUT2D eigenvalue weighted by atomic mass is 9.88. The monoisotopic (exact) mass is 370 g/mol. The highest BCUT2D eigenvalue weighted by Gasteiger charge is 2.21. The second kappa shape index (κ2) is 8.53. The number of benzene rings is 2. The Balaban J connectivity index is 1.67. The molecule has 3 rings (SSSR count).